The van der Waals surface area contributed by atoms with Crippen LogP contribution in [-0.4, -0.2) is 14.5 Å². The monoisotopic (exact) mass is 506 g/mol. The molecule has 0 atom stereocenters. The summed E-state index contributed by atoms with van der Waals surface area (Å²) < 4.78 is 18.1. The lowest BCUT2D eigenvalue weighted by atomic mass is 9.98. The zero-order chi connectivity index (χ0) is 24.9. The maximum absolute atomic E-state index is 14.9. The normalized spacial score (nSPS) is 11.3. The van der Waals surface area contributed by atoms with Crippen LogP contribution in [0, 0.1) is 26.6 Å². The summed E-state index contributed by atoms with van der Waals surface area (Å²) >= 11 is 7.94. The van der Waals surface area contributed by atoms with Crippen LogP contribution in [-0.2, 0) is 6.54 Å². The smallest absolute Gasteiger partial charge is 0.354 e. The average Bonchev–Trinajstić information content (AvgIpc) is 3.23. The van der Waals surface area contributed by atoms with Gasteiger partial charge in [-0.3, -0.25) is 0 Å². The van der Waals surface area contributed by atoms with Crippen LogP contribution in [0.15, 0.2) is 65.7 Å². The van der Waals surface area contributed by atoms with Crippen molar-refractivity contribution in [2.45, 2.75) is 27.3 Å². The van der Waals surface area contributed by atoms with Crippen LogP contribution in [0.1, 0.15) is 21.0 Å². The molecule has 0 amide bonds. The first-order valence-electron chi connectivity index (χ1n) is 11.0. The summed E-state index contributed by atoms with van der Waals surface area (Å²) in [6.07, 6.45) is 3.44. The van der Waals surface area contributed by atoms with Gasteiger partial charge in [-0.2, -0.15) is 8.97 Å². The summed E-state index contributed by atoms with van der Waals surface area (Å²) in [6.45, 7) is 6.04. The first-order chi connectivity index (χ1) is 16.7. The van der Waals surface area contributed by atoms with E-state index in [1.165, 1.54) is 27.9 Å². The van der Waals surface area contributed by atoms with Gasteiger partial charge in [0.2, 0.25) is 0 Å². The Balaban J connectivity index is 1.78. The lowest BCUT2D eigenvalue weighted by molar-refractivity contribution is -0.671. The second-order valence-corrected chi connectivity index (χ2v) is 10.2. The van der Waals surface area contributed by atoms with Gasteiger partial charge in [0.05, 0.1) is 16.1 Å². The molecule has 0 spiro atoms. The number of benzene rings is 2. The summed E-state index contributed by atoms with van der Waals surface area (Å²) in [4.78, 5) is 18.9. The molecule has 35 heavy (non-hydrogen) atoms. The molecule has 0 unspecified atom stereocenters. The summed E-state index contributed by atoms with van der Waals surface area (Å²) in [5, 5.41) is 12.8. The molecule has 0 radical (unpaired) electrons. The fourth-order valence-corrected chi connectivity index (χ4v) is 5.45. The van der Waals surface area contributed by atoms with Gasteiger partial charge in [0.1, 0.15) is 12.4 Å². The van der Waals surface area contributed by atoms with E-state index in [1.807, 2.05) is 32.9 Å². The van der Waals surface area contributed by atoms with Gasteiger partial charge in [-0.1, -0.05) is 29.8 Å². The molecule has 176 valence electrons. The third-order valence-corrected chi connectivity index (χ3v) is 7.19. The lowest BCUT2D eigenvalue weighted by Crippen LogP contribution is -2.41. The van der Waals surface area contributed by atoms with Crippen LogP contribution in [0.5, 0.6) is 5.88 Å². The highest BCUT2D eigenvalue weighted by molar-refractivity contribution is 7.11. The number of rotatable bonds is 4. The Morgan fingerprint density at radius 1 is 1.11 bits per heavy atom. The Morgan fingerprint density at radius 3 is 2.63 bits per heavy atom. The van der Waals surface area contributed by atoms with Crippen LogP contribution in [0.25, 0.3) is 27.9 Å². The zero-order valence-electron chi connectivity index (χ0n) is 19.3. The Labute approximate surface area is 210 Å². The standard InChI is InChI=1S/C27H21ClFN3O2S/c1-15-6-8-20(22(28)11-15)21-12-18(7-9-23(21)29)24-26(33)31-10-4-5-16(2)25(31)32(27(24)34)14-19-13-30-17(3)35-19/h4-13H,14H2,1-3H3/p+1. The molecular formula is C27H22ClFN3O2S+. The van der Waals surface area contributed by atoms with Gasteiger partial charge < -0.3 is 5.11 Å². The third kappa shape index (κ3) is 4.11. The molecule has 0 aliphatic carbocycles. The number of hydrogen-bond donors (Lipinski definition) is 1. The van der Waals surface area contributed by atoms with Crippen molar-refractivity contribution in [3.63, 3.8) is 0 Å². The first kappa shape index (κ1) is 23.2. The van der Waals surface area contributed by atoms with E-state index in [0.717, 1.165) is 21.0 Å². The number of fused-ring (bicyclic) bond motifs is 1. The van der Waals surface area contributed by atoms with E-state index in [2.05, 4.69) is 4.98 Å². The number of hydrogen-bond acceptors (Lipinski definition) is 4. The number of pyridine rings is 1. The number of nitrogens with zero attached hydrogens (tertiary/aromatic N) is 3. The maximum Gasteiger partial charge on any atom is 0.354 e. The molecule has 5 aromatic rings. The fraction of sp³-hybridized carbons (Fsp3) is 0.148. The van der Waals surface area contributed by atoms with Crippen molar-refractivity contribution in [2.75, 3.05) is 0 Å². The van der Waals surface area contributed by atoms with Crippen LogP contribution in [0.2, 0.25) is 5.02 Å². The predicted molar refractivity (Wildman–Crippen MR) is 137 cm³/mol. The highest BCUT2D eigenvalue weighted by Gasteiger charge is 2.27. The Hall–Kier alpha value is -3.55. The van der Waals surface area contributed by atoms with Gasteiger partial charge in [-0.05, 0) is 62.2 Å². The third-order valence-electron chi connectivity index (χ3n) is 5.98. The van der Waals surface area contributed by atoms with Gasteiger partial charge >= 0.3 is 5.56 Å². The molecule has 1 N–H and O–H groups in total. The van der Waals surface area contributed by atoms with Gasteiger partial charge in [-0.25, -0.2) is 14.2 Å². The molecule has 8 heteroatoms. The molecule has 0 fully saturated rings. The van der Waals surface area contributed by atoms with Crippen LogP contribution < -0.4 is 10.1 Å². The quantitative estimate of drug-likeness (QED) is 0.311. The summed E-state index contributed by atoms with van der Waals surface area (Å²) in [7, 11) is 0. The minimum atomic E-state index is -0.469. The van der Waals surface area contributed by atoms with Crippen LogP contribution >= 0.6 is 22.9 Å². The summed E-state index contributed by atoms with van der Waals surface area (Å²) in [5.41, 5.74) is 3.21. The highest BCUT2D eigenvalue weighted by Crippen LogP contribution is 2.34. The van der Waals surface area contributed by atoms with Gasteiger partial charge in [0, 0.05) is 27.9 Å². The topological polar surface area (TPSA) is 58.5 Å². The largest absolute Gasteiger partial charge is 0.477 e. The first-order valence-corrected chi connectivity index (χ1v) is 12.2. The minimum absolute atomic E-state index is 0.0822. The van der Waals surface area contributed by atoms with Crippen molar-refractivity contribution in [3.8, 4) is 28.1 Å². The molecule has 3 heterocycles. The molecule has 3 aromatic heterocycles. The molecule has 0 bridgehead atoms. The van der Waals surface area contributed by atoms with Crippen molar-refractivity contribution in [3.05, 3.63) is 103 Å². The fourth-order valence-electron chi connectivity index (χ4n) is 4.33. The van der Waals surface area contributed by atoms with Crippen molar-refractivity contribution in [1.29, 1.82) is 0 Å². The molecule has 5 rings (SSSR count). The van der Waals surface area contributed by atoms with Crippen molar-refractivity contribution >= 4 is 28.6 Å². The number of aryl methyl sites for hydroxylation is 3. The molecule has 0 aliphatic rings. The van der Waals surface area contributed by atoms with E-state index >= 15 is 0 Å². The average molecular weight is 507 g/mol. The van der Waals surface area contributed by atoms with Crippen LogP contribution in [0.3, 0.4) is 0 Å². The lowest BCUT2D eigenvalue weighted by Gasteiger charge is -2.12. The molecule has 5 nitrogen and oxygen atoms in total. The number of halogens is 2. The van der Waals surface area contributed by atoms with Gasteiger partial charge in [0.25, 0.3) is 11.5 Å². The zero-order valence-corrected chi connectivity index (χ0v) is 20.9. The van der Waals surface area contributed by atoms with E-state index < -0.39 is 11.4 Å². The Morgan fingerprint density at radius 2 is 1.91 bits per heavy atom. The Kier molecular flexibility index (Phi) is 5.91. The number of thiazole rings is 1. The second-order valence-electron chi connectivity index (χ2n) is 8.50. The molecule has 2 aromatic carbocycles. The van der Waals surface area contributed by atoms with E-state index in [4.69, 9.17) is 11.6 Å². The van der Waals surface area contributed by atoms with Crippen molar-refractivity contribution in [1.82, 2.24) is 9.38 Å². The van der Waals surface area contributed by atoms with Crippen molar-refractivity contribution in [2.24, 2.45) is 0 Å². The minimum Gasteiger partial charge on any atom is -0.477 e. The Bertz CT molecular complexity index is 1680. The highest BCUT2D eigenvalue weighted by atomic mass is 35.5. The van der Waals surface area contributed by atoms with E-state index in [9.17, 15) is 14.3 Å². The van der Waals surface area contributed by atoms with E-state index in [-0.39, 0.29) is 17.0 Å². The molecule has 0 saturated carbocycles. The number of aromatic nitrogens is 3. The number of aromatic hydroxyl groups is 1. The molecule has 0 saturated heterocycles. The molecule has 0 aliphatic heterocycles. The van der Waals surface area contributed by atoms with Crippen LogP contribution in [0.4, 0.5) is 4.39 Å². The maximum atomic E-state index is 14.9. The molecular weight excluding hydrogens is 485 g/mol. The van der Waals surface area contributed by atoms with Crippen molar-refractivity contribution < 1.29 is 14.1 Å². The van der Waals surface area contributed by atoms with E-state index in [1.54, 1.807) is 41.2 Å². The van der Waals surface area contributed by atoms with E-state index in [0.29, 0.717) is 28.3 Å². The summed E-state index contributed by atoms with van der Waals surface area (Å²) in [6, 6.07) is 13.4. The SMILES string of the molecule is Cc1ccc(-c2cc(-c3c(O)[n+](Cc4cnc(C)s4)c4c(C)cccn4c3=O)ccc2F)c(Cl)c1. The second kappa shape index (κ2) is 8.91. The van der Waals surface area contributed by atoms with Gasteiger partial charge in [-0.15, -0.1) is 11.3 Å². The summed E-state index contributed by atoms with van der Waals surface area (Å²) in [5.74, 6) is -0.661. The van der Waals surface area contributed by atoms with Gasteiger partial charge in [0.15, 0.2) is 5.56 Å². The predicted octanol–water partition coefficient (Wildman–Crippen LogP) is 5.85.